The van der Waals surface area contributed by atoms with E-state index < -0.39 is 18.0 Å². The number of anilines is 1. The summed E-state index contributed by atoms with van der Waals surface area (Å²) in [5.74, 6) is -0.553. The predicted octanol–water partition coefficient (Wildman–Crippen LogP) is 4.63. The monoisotopic (exact) mass is 417 g/mol. The average Bonchev–Trinajstić information content (AvgIpc) is 2.77. The highest BCUT2D eigenvalue weighted by atomic mass is 16.5. The molecule has 0 unspecified atom stereocenters. The Morgan fingerprint density at radius 3 is 2.42 bits per heavy atom. The number of ether oxygens (including phenoxy) is 2. The van der Waals surface area contributed by atoms with Crippen LogP contribution in [0.4, 0.5) is 5.69 Å². The van der Waals surface area contributed by atoms with Gasteiger partial charge in [-0.15, -0.1) is 0 Å². The van der Waals surface area contributed by atoms with Crippen molar-refractivity contribution in [1.29, 1.82) is 0 Å². The fraction of sp³-hybridized carbons (Fsp3) is 0.160. The first kappa shape index (κ1) is 21.8. The minimum absolute atomic E-state index is 0.169. The van der Waals surface area contributed by atoms with Gasteiger partial charge in [-0.25, -0.2) is 4.79 Å². The maximum absolute atomic E-state index is 12.4. The quantitative estimate of drug-likeness (QED) is 0.344. The number of Topliss-reactive ketones (excluding diaryl/α,β-unsaturated/α-hetero) is 1. The van der Waals surface area contributed by atoms with Crippen LogP contribution < -0.4 is 10.1 Å². The van der Waals surface area contributed by atoms with Crippen LogP contribution in [0.25, 0.3) is 16.8 Å². The van der Waals surface area contributed by atoms with Crippen molar-refractivity contribution in [1.82, 2.24) is 0 Å². The lowest BCUT2D eigenvalue weighted by molar-refractivity contribution is -0.148. The molecule has 0 aromatic heterocycles. The lowest BCUT2D eigenvalue weighted by atomic mass is 10.1. The molecule has 3 aromatic carbocycles. The van der Waals surface area contributed by atoms with Gasteiger partial charge >= 0.3 is 5.97 Å². The lowest BCUT2D eigenvalue weighted by Gasteiger charge is -2.14. The second-order valence-corrected chi connectivity index (χ2v) is 6.98. The molecule has 0 bridgehead atoms. The van der Waals surface area contributed by atoms with E-state index in [0.29, 0.717) is 11.3 Å². The number of methoxy groups -OCH3 is 1. The van der Waals surface area contributed by atoms with E-state index >= 15 is 0 Å². The zero-order valence-electron chi connectivity index (χ0n) is 17.5. The van der Waals surface area contributed by atoms with E-state index in [-0.39, 0.29) is 5.78 Å². The first-order chi connectivity index (χ1) is 14.9. The van der Waals surface area contributed by atoms with Gasteiger partial charge in [0.05, 0.1) is 12.8 Å². The number of hydrogen-bond acceptors (Lipinski definition) is 5. The minimum atomic E-state index is -1.03. The third-order valence-electron chi connectivity index (χ3n) is 4.71. The molecule has 3 rings (SSSR count). The summed E-state index contributed by atoms with van der Waals surface area (Å²) in [6, 6.07) is 18.2. The molecule has 0 radical (unpaired) electrons. The molecule has 1 amide bonds. The summed E-state index contributed by atoms with van der Waals surface area (Å²) in [7, 11) is 1.62. The number of esters is 1. The van der Waals surface area contributed by atoms with Gasteiger partial charge in [-0.3, -0.25) is 9.59 Å². The van der Waals surface area contributed by atoms with Gasteiger partial charge in [-0.2, -0.15) is 0 Å². The smallest absolute Gasteiger partial charge is 0.331 e. The maximum Gasteiger partial charge on any atom is 0.331 e. The van der Waals surface area contributed by atoms with E-state index in [1.165, 1.54) is 19.9 Å². The molecule has 1 N–H and O–H groups in total. The molecule has 3 aromatic rings. The molecule has 0 saturated heterocycles. The Bertz CT molecular complexity index is 1170. The fourth-order valence-corrected chi connectivity index (χ4v) is 3.04. The number of rotatable bonds is 7. The summed E-state index contributed by atoms with van der Waals surface area (Å²) < 4.78 is 10.4. The molecule has 158 valence electrons. The standard InChI is InChI=1S/C25H23NO5/c1-16(27)22-6-4-5-7-23(22)26-25(29)17(2)31-24(28)13-9-18-8-10-20-15-21(30-3)12-11-19(20)14-18/h4-15,17H,1-3H3,(H,26,29)/b13-9+/t17-/m1/s1. The molecule has 0 heterocycles. The van der Waals surface area contributed by atoms with Crippen LogP contribution >= 0.6 is 0 Å². The predicted molar refractivity (Wildman–Crippen MR) is 120 cm³/mol. The third-order valence-corrected chi connectivity index (χ3v) is 4.71. The minimum Gasteiger partial charge on any atom is -0.497 e. The molecule has 1 atom stereocenters. The Labute approximate surface area is 180 Å². The normalized spacial score (nSPS) is 11.8. The number of para-hydroxylation sites is 1. The Kier molecular flexibility index (Phi) is 6.82. The molecule has 6 nitrogen and oxygen atoms in total. The van der Waals surface area contributed by atoms with Crippen LogP contribution in [0, 0.1) is 0 Å². The lowest BCUT2D eigenvalue weighted by Crippen LogP contribution is -2.30. The molecule has 0 aliphatic rings. The first-order valence-electron chi connectivity index (χ1n) is 9.74. The van der Waals surface area contributed by atoms with Crippen molar-refractivity contribution >= 4 is 40.2 Å². The van der Waals surface area contributed by atoms with Crippen molar-refractivity contribution in [3.05, 3.63) is 77.9 Å². The van der Waals surface area contributed by atoms with Crippen molar-refractivity contribution < 1.29 is 23.9 Å². The highest BCUT2D eigenvalue weighted by Gasteiger charge is 2.18. The number of ketones is 1. The Balaban J connectivity index is 1.62. The molecule has 6 heteroatoms. The van der Waals surface area contributed by atoms with E-state index in [1.807, 2.05) is 36.4 Å². The van der Waals surface area contributed by atoms with E-state index in [1.54, 1.807) is 37.5 Å². The maximum atomic E-state index is 12.4. The van der Waals surface area contributed by atoms with Gasteiger partial charge in [0, 0.05) is 11.6 Å². The van der Waals surface area contributed by atoms with Crippen molar-refractivity contribution in [3.63, 3.8) is 0 Å². The van der Waals surface area contributed by atoms with Crippen LogP contribution in [0.15, 0.2) is 66.7 Å². The average molecular weight is 417 g/mol. The first-order valence-corrected chi connectivity index (χ1v) is 9.74. The van der Waals surface area contributed by atoms with Crippen LogP contribution in [0.3, 0.4) is 0 Å². The summed E-state index contributed by atoms with van der Waals surface area (Å²) in [5.41, 5.74) is 1.59. The van der Waals surface area contributed by atoms with E-state index in [9.17, 15) is 14.4 Å². The van der Waals surface area contributed by atoms with Crippen LogP contribution in [-0.2, 0) is 14.3 Å². The summed E-state index contributed by atoms with van der Waals surface area (Å²) in [4.78, 5) is 36.2. The van der Waals surface area contributed by atoms with Crippen molar-refractivity contribution in [2.75, 3.05) is 12.4 Å². The Morgan fingerprint density at radius 2 is 1.68 bits per heavy atom. The van der Waals surface area contributed by atoms with Gasteiger partial charge < -0.3 is 14.8 Å². The number of carbonyl (C=O) groups excluding carboxylic acids is 3. The van der Waals surface area contributed by atoms with Crippen LogP contribution in [0.5, 0.6) is 5.75 Å². The number of hydrogen-bond donors (Lipinski definition) is 1. The van der Waals surface area contributed by atoms with Crippen LogP contribution in [0.1, 0.15) is 29.8 Å². The van der Waals surface area contributed by atoms with E-state index in [2.05, 4.69) is 5.32 Å². The largest absolute Gasteiger partial charge is 0.497 e. The topological polar surface area (TPSA) is 81.7 Å². The molecule has 0 saturated carbocycles. The summed E-state index contributed by atoms with van der Waals surface area (Å²) in [5, 5.41) is 4.66. The Hall–Kier alpha value is -3.93. The number of amides is 1. The van der Waals surface area contributed by atoms with E-state index in [4.69, 9.17) is 9.47 Å². The Morgan fingerprint density at radius 1 is 0.968 bits per heavy atom. The SMILES string of the molecule is COc1ccc2cc(/C=C/C(=O)O[C@H](C)C(=O)Nc3ccccc3C(C)=O)ccc2c1. The zero-order chi connectivity index (χ0) is 22.4. The van der Waals surface area contributed by atoms with Gasteiger partial charge in [0.15, 0.2) is 11.9 Å². The van der Waals surface area contributed by atoms with Gasteiger partial charge in [-0.1, -0.05) is 30.3 Å². The molecular weight excluding hydrogens is 394 g/mol. The van der Waals surface area contributed by atoms with Gasteiger partial charge in [0.2, 0.25) is 0 Å². The molecule has 31 heavy (non-hydrogen) atoms. The number of nitrogens with one attached hydrogen (secondary N) is 1. The van der Waals surface area contributed by atoms with Crippen molar-refractivity contribution in [2.24, 2.45) is 0 Å². The number of carbonyl (C=O) groups is 3. The summed E-state index contributed by atoms with van der Waals surface area (Å²) >= 11 is 0. The zero-order valence-corrected chi connectivity index (χ0v) is 17.5. The molecule has 0 spiro atoms. The highest BCUT2D eigenvalue weighted by Crippen LogP contribution is 2.22. The van der Waals surface area contributed by atoms with Gasteiger partial charge in [-0.05, 0) is 66.6 Å². The number of benzene rings is 3. The summed E-state index contributed by atoms with van der Waals surface area (Å²) in [6.07, 6.45) is 1.88. The van der Waals surface area contributed by atoms with Gasteiger partial charge in [0.1, 0.15) is 5.75 Å². The van der Waals surface area contributed by atoms with E-state index in [0.717, 1.165) is 22.1 Å². The molecule has 0 aliphatic heterocycles. The highest BCUT2D eigenvalue weighted by molar-refractivity contribution is 6.05. The van der Waals surface area contributed by atoms with Crippen LogP contribution in [-0.4, -0.2) is 30.9 Å². The molecule has 0 fully saturated rings. The fourth-order valence-electron chi connectivity index (χ4n) is 3.04. The second-order valence-electron chi connectivity index (χ2n) is 6.98. The number of fused-ring (bicyclic) bond motifs is 1. The molecular formula is C25H23NO5. The summed E-state index contributed by atoms with van der Waals surface area (Å²) in [6.45, 7) is 2.89. The van der Waals surface area contributed by atoms with Crippen molar-refractivity contribution in [3.8, 4) is 5.75 Å². The van der Waals surface area contributed by atoms with Crippen molar-refractivity contribution in [2.45, 2.75) is 20.0 Å². The second kappa shape index (κ2) is 9.71. The molecule has 0 aliphatic carbocycles. The van der Waals surface area contributed by atoms with Crippen LogP contribution in [0.2, 0.25) is 0 Å². The van der Waals surface area contributed by atoms with Gasteiger partial charge in [0.25, 0.3) is 5.91 Å². The third kappa shape index (κ3) is 5.57.